The number of pyridine rings is 2. The van der Waals surface area contributed by atoms with Gasteiger partial charge in [-0.3, -0.25) is 10.3 Å². The van der Waals surface area contributed by atoms with Gasteiger partial charge < -0.3 is 9.64 Å². The van der Waals surface area contributed by atoms with Crippen molar-refractivity contribution in [3.05, 3.63) is 48.3 Å². The molecule has 0 aromatic carbocycles. The number of carbonyl (C=O) groups excluding carboxylic acids is 1. The summed E-state index contributed by atoms with van der Waals surface area (Å²) in [6.45, 7) is 1.13. The fraction of sp³-hybridized carbons (Fsp3) is 0.312. The lowest BCUT2D eigenvalue weighted by Gasteiger charge is -2.25. The Morgan fingerprint density at radius 3 is 2.67 bits per heavy atom. The Morgan fingerprint density at radius 2 is 2.00 bits per heavy atom. The molecule has 24 heavy (non-hydrogen) atoms. The van der Waals surface area contributed by atoms with Gasteiger partial charge in [0.1, 0.15) is 5.82 Å². The molecule has 2 heterocycles. The summed E-state index contributed by atoms with van der Waals surface area (Å²) in [5.41, 5.74) is 0.935. The molecular formula is C16H18F2N4O2. The van der Waals surface area contributed by atoms with Crippen molar-refractivity contribution in [2.75, 3.05) is 19.0 Å². The number of anilines is 1. The zero-order valence-corrected chi connectivity index (χ0v) is 13.3. The third kappa shape index (κ3) is 4.87. The highest BCUT2D eigenvalue weighted by Gasteiger charge is 2.18. The monoisotopic (exact) mass is 336 g/mol. The Bertz CT molecular complexity index is 670. The summed E-state index contributed by atoms with van der Waals surface area (Å²) in [6, 6.07) is 7.66. The number of rotatable bonds is 6. The molecule has 0 saturated heterocycles. The highest BCUT2D eigenvalue weighted by molar-refractivity contribution is 5.88. The molecule has 0 fully saturated rings. The molecule has 0 aliphatic carbocycles. The molecule has 2 aromatic heterocycles. The topological polar surface area (TPSA) is 67.4 Å². The van der Waals surface area contributed by atoms with Crippen molar-refractivity contribution in [1.29, 1.82) is 0 Å². The molecule has 0 bridgehead atoms. The first kappa shape index (κ1) is 17.6. The van der Waals surface area contributed by atoms with Crippen molar-refractivity contribution in [2.24, 2.45) is 0 Å². The second-order valence-electron chi connectivity index (χ2n) is 5.06. The summed E-state index contributed by atoms with van der Waals surface area (Å²) in [6.07, 6.45) is 0.726. The van der Waals surface area contributed by atoms with Crippen molar-refractivity contribution in [3.63, 3.8) is 0 Å². The first-order valence-corrected chi connectivity index (χ1v) is 7.29. The summed E-state index contributed by atoms with van der Waals surface area (Å²) < 4.78 is 29.1. The van der Waals surface area contributed by atoms with Gasteiger partial charge in [-0.05, 0) is 30.7 Å². The van der Waals surface area contributed by atoms with E-state index in [0.29, 0.717) is 0 Å². The van der Waals surface area contributed by atoms with E-state index >= 15 is 0 Å². The number of amides is 2. The number of urea groups is 1. The summed E-state index contributed by atoms with van der Waals surface area (Å²) in [5.74, 6) is 0.249. The molecule has 1 unspecified atom stereocenters. The van der Waals surface area contributed by atoms with Crippen molar-refractivity contribution in [1.82, 2.24) is 14.9 Å². The van der Waals surface area contributed by atoms with E-state index in [1.165, 1.54) is 11.0 Å². The fourth-order valence-electron chi connectivity index (χ4n) is 1.95. The smallest absolute Gasteiger partial charge is 0.323 e. The molecule has 6 nitrogen and oxygen atoms in total. The van der Waals surface area contributed by atoms with Gasteiger partial charge in [0.05, 0.1) is 6.04 Å². The summed E-state index contributed by atoms with van der Waals surface area (Å²) in [5, 5.41) is 2.61. The summed E-state index contributed by atoms with van der Waals surface area (Å²) in [4.78, 5) is 21.7. The maximum atomic E-state index is 12.3. The Balaban J connectivity index is 1.99. The number of aromatic nitrogens is 2. The average molecular weight is 336 g/mol. The lowest BCUT2D eigenvalue weighted by Crippen LogP contribution is -2.33. The number of ether oxygens (including phenoxy) is 1. The van der Waals surface area contributed by atoms with Gasteiger partial charge in [0.2, 0.25) is 5.88 Å². The van der Waals surface area contributed by atoms with Crippen LogP contribution in [0.15, 0.2) is 42.7 Å². The Morgan fingerprint density at radius 1 is 1.29 bits per heavy atom. The largest absolute Gasteiger partial charge is 0.472 e. The van der Waals surface area contributed by atoms with Gasteiger partial charge in [0, 0.05) is 25.5 Å². The third-order valence-corrected chi connectivity index (χ3v) is 3.41. The molecule has 0 saturated carbocycles. The van der Waals surface area contributed by atoms with Crippen LogP contribution in [0.1, 0.15) is 18.5 Å². The van der Waals surface area contributed by atoms with Gasteiger partial charge in [0.15, 0.2) is 6.61 Å². The van der Waals surface area contributed by atoms with E-state index in [-0.39, 0.29) is 23.8 Å². The number of hydrogen-bond acceptors (Lipinski definition) is 4. The Hall–Kier alpha value is -2.77. The van der Waals surface area contributed by atoms with E-state index in [0.717, 1.165) is 5.56 Å². The normalized spacial score (nSPS) is 11.9. The minimum Gasteiger partial charge on any atom is -0.472 e. The van der Waals surface area contributed by atoms with Crippen LogP contribution >= 0.6 is 0 Å². The van der Waals surface area contributed by atoms with Crippen LogP contribution in [0.4, 0.5) is 19.4 Å². The molecule has 0 radical (unpaired) electrons. The van der Waals surface area contributed by atoms with Gasteiger partial charge in [-0.15, -0.1) is 0 Å². The van der Waals surface area contributed by atoms with Crippen LogP contribution in [0.25, 0.3) is 0 Å². The molecule has 8 heteroatoms. The lowest BCUT2D eigenvalue weighted by molar-refractivity contribution is 0.0796. The third-order valence-electron chi connectivity index (χ3n) is 3.41. The van der Waals surface area contributed by atoms with E-state index in [1.54, 1.807) is 31.6 Å². The van der Waals surface area contributed by atoms with Crippen LogP contribution in [0.5, 0.6) is 5.88 Å². The molecule has 1 N–H and O–H groups in total. The standard InChI is InChI=1S/C16H18F2N4O2/c1-11(12-6-8-19-9-7-12)22(2)16(23)21-14-4-3-5-15(20-14)24-10-13(17)18/h3-9,11,13H,10H2,1-2H3,(H,20,21,23). The van der Waals surface area contributed by atoms with E-state index in [2.05, 4.69) is 15.3 Å². The zero-order chi connectivity index (χ0) is 17.5. The minimum atomic E-state index is -2.59. The molecule has 128 valence electrons. The molecule has 0 spiro atoms. The van der Waals surface area contributed by atoms with Gasteiger partial charge in [0.25, 0.3) is 6.43 Å². The number of nitrogens with zero attached hydrogens (tertiary/aromatic N) is 3. The second-order valence-corrected chi connectivity index (χ2v) is 5.06. The molecule has 0 aliphatic heterocycles. The average Bonchev–Trinajstić information content (AvgIpc) is 2.59. The van der Waals surface area contributed by atoms with Crippen LogP contribution in [0, 0.1) is 0 Å². The number of halogens is 2. The van der Waals surface area contributed by atoms with Gasteiger partial charge in [-0.2, -0.15) is 4.98 Å². The number of hydrogen-bond donors (Lipinski definition) is 1. The molecule has 1 atom stereocenters. The van der Waals surface area contributed by atoms with Crippen molar-refractivity contribution in [2.45, 2.75) is 19.4 Å². The van der Waals surface area contributed by atoms with Crippen molar-refractivity contribution >= 4 is 11.8 Å². The maximum absolute atomic E-state index is 12.3. The zero-order valence-electron chi connectivity index (χ0n) is 13.3. The van der Waals surface area contributed by atoms with Crippen LogP contribution in [-0.4, -0.2) is 41.0 Å². The molecule has 0 aliphatic rings. The predicted octanol–water partition coefficient (Wildman–Crippen LogP) is 3.35. The first-order valence-electron chi connectivity index (χ1n) is 7.29. The number of alkyl halides is 2. The van der Waals surface area contributed by atoms with Gasteiger partial charge in [-0.1, -0.05) is 6.07 Å². The first-order chi connectivity index (χ1) is 11.5. The predicted molar refractivity (Wildman–Crippen MR) is 85.2 cm³/mol. The maximum Gasteiger partial charge on any atom is 0.323 e. The van der Waals surface area contributed by atoms with Crippen molar-refractivity contribution in [3.8, 4) is 5.88 Å². The molecule has 2 aromatic rings. The van der Waals surface area contributed by atoms with Crippen LogP contribution in [-0.2, 0) is 0 Å². The van der Waals surface area contributed by atoms with E-state index in [1.807, 2.05) is 19.1 Å². The Kier molecular flexibility index (Phi) is 6.00. The van der Waals surface area contributed by atoms with Gasteiger partial charge >= 0.3 is 6.03 Å². The van der Waals surface area contributed by atoms with Crippen LogP contribution in [0.2, 0.25) is 0 Å². The van der Waals surface area contributed by atoms with Gasteiger partial charge in [-0.25, -0.2) is 13.6 Å². The SMILES string of the molecule is CC(c1ccncc1)N(C)C(=O)Nc1cccc(OCC(F)F)n1. The van der Waals surface area contributed by atoms with E-state index in [9.17, 15) is 13.6 Å². The lowest BCUT2D eigenvalue weighted by atomic mass is 10.1. The summed E-state index contributed by atoms with van der Waals surface area (Å²) in [7, 11) is 1.65. The highest BCUT2D eigenvalue weighted by Crippen LogP contribution is 2.19. The quantitative estimate of drug-likeness (QED) is 0.878. The van der Waals surface area contributed by atoms with E-state index < -0.39 is 13.0 Å². The van der Waals surface area contributed by atoms with E-state index in [4.69, 9.17) is 4.74 Å². The van der Waals surface area contributed by atoms with Crippen LogP contribution < -0.4 is 10.1 Å². The van der Waals surface area contributed by atoms with Crippen molar-refractivity contribution < 1.29 is 18.3 Å². The van der Waals surface area contributed by atoms with Crippen LogP contribution in [0.3, 0.4) is 0 Å². The second kappa shape index (κ2) is 8.19. The minimum absolute atomic E-state index is 0.0259. The molecule has 2 rings (SSSR count). The number of carbonyl (C=O) groups is 1. The number of nitrogens with one attached hydrogen (secondary N) is 1. The Labute approximate surface area is 138 Å². The molecular weight excluding hydrogens is 318 g/mol. The fourth-order valence-corrected chi connectivity index (χ4v) is 1.95. The summed E-state index contributed by atoms with van der Waals surface area (Å²) >= 11 is 0. The highest BCUT2D eigenvalue weighted by atomic mass is 19.3. The molecule has 2 amide bonds.